The molecule has 0 fully saturated rings. The molecule has 2 aromatic heterocycles. The highest BCUT2D eigenvalue weighted by Gasteiger charge is 2.17. The van der Waals surface area contributed by atoms with E-state index in [1.54, 1.807) is 0 Å². The van der Waals surface area contributed by atoms with E-state index >= 15 is 0 Å². The predicted molar refractivity (Wildman–Crippen MR) is 67.7 cm³/mol. The van der Waals surface area contributed by atoms with E-state index in [-0.39, 0.29) is 6.04 Å². The molecule has 90 valence electrons. The van der Waals surface area contributed by atoms with Gasteiger partial charge in [-0.3, -0.25) is 9.67 Å². The van der Waals surface area contributed by atoms with Crippen molar-refractivity contribution in [2.75, 3.05) is 6.54 Å². The lowest BCUT2D eigenvalue weighted by molar-refractivity contribution is 0.595. The van der Waals surface area contributed by atoms with Crippen LogP contribution in [-0.4, -0.2) is 21.3 Å². The first-order chi connectivity index (χ1) is 8.22. The Hall–Kier alpha value is -1.68. The van der Waals surface area contributed by atoms with Gasteiger partial charge in [0.15, 0.2) is 0 Å². The van der Waals surface area contributed by atoms with Crippen LogP contribution in [0.2, 0.25) is 0 Å². The maximum atomic E-state index is 4.47. The highest BCUT2D eigenvalue weighted by Crippen LogP contribution is 2.22. The lowest BCUT2D eigenvalue weighted by atomic mass is 10.0. The Bertz CT molecular complexity index is 490. The zero-order chi connectivity index (χ0) is 12.3. The quantitative estimate of drug-likeness (QED) is 0.871. The number of aromatic nitrogens is 3. The summed E-state index contributed by atoms with van der Waals surface area (Å²) < 4.78 is 1.82. The molecule has 0 aromatic carbocycles. The van der Waals surface area contributed by atoms with Crippen molar-refractivity contribution >= 4 is 0 Å². The number of pyridine rings is 1. The summed E-state index contributed by atoms with van der Waals surface area (Å²) in [5.74, 6) is 0. The van der Waals surface area contributed by atoms with Crippen LogP contribution in [0, 0.1) is 6.92 Å². The van der Waals surface area contributed by atoms with Gasteiger partial charge in [-0.25, -0.2) is 0 Å². The molecule has 0 aliphatic rings. The van der Waals surface area contributed by atoms with Gasteiger partial charge in [-0.15, -0.1) is 0 Å². The summed E-state index contributed by atoms with van der Waals surface area (Å²) in [5.41, 5.74) is 3.45. The van der Waals surface area contributed by atoms with Crippen LogP contribution in [0.3, 0.4) is 0 Å². The maximum absolute atomic E-state index is 4.47. The van der Waals surface area contributed by atoms with E-state index in [0.29, 0.717) is 0 Å². The molecule has 0 amide bonds. The second-order valence-corrected chi connectivity index (χ2v) is 4.14. The zero-order valence-electron chi connectivity index (χ0n) is 10.5. The number of nitrogens with one attached hydrogen (secondary N) is 1. The average molecular weight is 230 g/mol. The minimum atomic E-state index is 0.120. The molecule has 0 radical (unpaired) electrons. The van der Waals surface area contributed by atoms with Crippen LogP contribution in [0.25, 0.3) is 0 Å². The number of hydrogen-bond donors (Lipinski definition) is 1. The fourth-order valence-corrected chi connectivity index (χ4v) is 1.94. The summed E-state index contributed by atoms with van der Waals surface area (Å²) in [7, 11) is 1.93. The number of rotatable bonds is 4. The second kappa shape index (κ2) is 5.10. The molecular weight excluding hydrogens is 212 g/mol. The second-order valence-electron chi connectivity index (χ2n) is 4.14. The highest BCUT2D eigenvalue weighted by molar-refractivity contribution is 5.31. The zero-order valence-corrected chi connectivity index (χ0v) is 10.5. The molecule has 0 spiro atoms. The van der Waals surface area contributed by atoms with Gasteiger partial charge in [-0.05, 0) is 36.7 Å². The van der Waals surface area contributed by atoms with Crippen LogP contribution in [0.15, 0.2) is 30.7 Å². The molecule has 0 aliphatic heterocycles. The molecule has 4 nitrogen and oxygen atoms in total. The fraction of sp³-hybridized carbons (Fsp3) is 0.385. The normalized spacial score (nSPS) is 12.6. The van der Waals surface area contributed by atoms with Crippen molar-refractivity contribution in [1.82, 2.24) is 20.1 Å². The van der Waals surface area contributed by atoms with Crippen LogP contribution in [0.1, 0.15) is 29.8 Å². The molecule has 0 aliphatic carbocycles. The van der Waals surface area contributed by atoms with Crippen molar-refractivity contribution in [1.29, 1.82) is 0 Å². The van der Waals surface area contributed by atoms with E-state index in [1.807, 2.05) is 42.5 Å². The highest BCUT2D eigenvalue weighted by atomic mass is 15.3. The summed E-state index contributed by atoms with van der Waals surface area (Å²) in [6.07, 6.45) is 5.70. The molecule has 1 atom stereocenters. The van der Waals surface area contributed by atoms with Gasteiger partial charge in [0.2, 0.25) is 0 Å². The van der Waals surface area contributed by atoms with Crippen LogP contribution < -0.4 is 5.32 Å². The van der Waals surface area contributed by atoms with E-state index in [4.69, 9.17) is 0 Å². The van der Waals surface area contributed by atoms with Gasteiger partial charge in [-0.1, -0.05) is 6.92 Å². The van der Waals surface area contributed by atoms with E-state index in [1.165, 1.54) is 11.1 Å². The third-order valence-electron chi connectivity index (χ3n) is 2.83. The van der Waals surface area contributed by atoms with Gasteiger partial charge < -0.3 is 5.32 Å². The molecule has 0 saturated carbocycles. The molecule has 2 heterocycles. The van der Waals surface area contributed by atoms with Crippen molar-refractivity contribution in [3.05, 3.63) is 47.5 Å². The smallest absolute Gasteiger partial charge is 0.0839 e. The lowest BCUT2D eigenvalue weighted by Crippen LogP contribution is -2.23. The summed E-state index contributed by atoms with van der Waals surface area (Å²) in [6, 6.07) is 4.19. The van der Waals surface area contributed by atoms with Crippen molar-refractivity contribution < 1.29 is 0 Å². The van der Waals surface area contributed by atoms with Gasteiger partial charge in [0.25, 0.3) is 0 Å². The summed E-state index contributed by atoms with van der Waals surface area (Å²) in [6.45, 7) is 5.10. The van der Waals surface area contributed by atoms with Crippen LogP contribution in [0.4, 0.5) is 0 Å². The predicted octanol–water partition coefficient (Wildman–Crippen LogP) is 1.82. The molecule has 1 unspecified atom stereocenters. The Morgan fingerprint density at radius 2 is 2.24 bits per heavy atom. The SMILES string of the molecule is CCNC(c1ccn(C)n1)c1cnccc1C. The van der Waals surface area contributed by atoms with Gasteiger partial charge in [0.1, 0.15) is 0 Å². The molecular formula is C13H18N4. The van der Waals surface area contributed by atoms with Crippen molar-refractivity contribution in [3.63, 3.8) is 0 Å². The standard InChI is InChI=1S/C13H18N4/c1-4-15-13(12-6-8-17(3)16-12)11-9-14-7-5-10(11)2/h5-9,13,15H,4H2,1-3H3. The maximum Gasteiger partial charge on any atom is 0.0839 e. The minimum Gasteiger partial charge on any atom is -0.305 e. The molecule has 0 bridgehead atoms. The summed E-state index contributed by atoms with van der Waals surface area (Å²) >= 11 is 0. The molecule has 0 saturated heterocycles. The molecule has 17 heavy (non-hydrogen) atoms. The molecule has 4 heteroatoms. The fourth-order valence-electron chi connectivity index (χ4n) is 1.94. The van der Waals surface area contributed by atoms with Crippen LogP contribution in [-0.2, 0) is 7.05 Å². The van der Waals surface area contributed by atoms with E-state index in [9.17, 15) is 0 Å². The topological polar surface area (TPSA) is 42.7 Å². The van der Waals surface area contributed by atoms with Crippen LogP contribution >= 0.6 is 0 Å². The van der Waals surface area contributed by atoms with Gasteiger partial charge in [0.05, 0.1) is 11.7 Å². The third kappa shape index (κ3) is 2.53. The number of aryl methyl sites for hydroxylation is 2. The minimum absolute atomic E-state index is 0.120. The Labute approximate surface area is 102 Å². The largest absolute Gasteiger partial charge is 0.305 e. The Balaban J connectivity index is 2.39. The molecule has 2 aromatic rings. The Kier molecular flexibility index (Phi) is 3.54. The van der Waals surface area contributed by atoms with Crippen molar-refractivity contribution in [3.8, 4) is 0 Å². The van der Waals surface area contributed by atoms with Gasteiger partial charge >= 0.3 is 0 Å². The first-order valence-electron chi connectivity index (χ1n) is 5.85. The first kappa shape index (κ1) is 11.8. The van der Waals surface area contributed by atoms with Crippen molar-refractivity contribution in [2.24, 2.45) is 7.05 Å². The first-order valence-corrected chi connectivity index (χ1v) is 5.85. The van der Waals surface area contributed by atoms with Crippen LogP contribution in [0.5, 0.6) is 0 Å². The van der Waals surface area contributed by atoms with E-state index < -0.39 is 0 Å². The third-order valence-corrected chi connectivity index (χ3v) is 2.83. The molecule has 2 rings (SSSR count). The number of nitrogens with zero attached hydrogens (tertiary/aromatic N) is 3. The van der Waals surface area contributed by atoms with E-state index in [2.05, 4.69) is 29.2 Å². The summed E-state index contributed by atoms with van der Waals surface area (Å²) in [4.78, 5) is 4.21. The molecule has 1 N–H and O–H groups in total. The lowest BCUT2D eigenvalue weighted by Gasteiger charge is -2.17. The van der Waals surface area contributed by atoms with Gasteiger partial charge in [0, 0.05) is 25.6 Å². The average Bonchev–Trinajstić information content (AvgIpc) is 2.74. The number of hydrogen-bond acceptors (Lipinski definition) is 3. The van der Waals surface area contributed by atoms with Gasteiger partial charge in [-0.2, -0.15) is 5.10 Å². The summed E-state index contributed by atoms with van der Waals surface area (Å²) in [5, 5.41) is 7.93. The van der Waals surface area contributed by atoms with Crippen molar-refractivity contribution in [2.45, 2.75) is 19.9 Å². The monoisotopic (exact) mass is 230 g/mol. The Morgan fingerprint density at radius 3 is 2.82 bits per heavy atom. The Morgan fingerprint density at radius 1 is 1.41 bits per heavy atom. The van der Waals surface area contributed by atoms with E-state index in [0.717, 1.165) is 12.2 Å².